The van der Waals surface area contributed by atoms with Crippen LogP contribution < -0.4 is 0 Å². The number of carbonyl (C=O) groups excluding carboxylic acids is 1. The lowest BCUT2D eigenvalue weighted by molar-refractivity contribution is 0.0526. The number of rotatable bonds is 3. The molecule has 0 aliphatic heterocycles. The van der Waals surface area contributed by atoms with Crippen molar-refractivity contribution in [1.82, 2.24) is 10.2 Å². The van der Waals surface area contributed by atoms with Gasteiger partial charge in [-0.15, -0.1) is 10.2 Å². The molecule has 0 aliphatic rings. The lowest BCUT2D eigenvalue weighted by Crippen LogP contribution is -2.04. The first-order chi connectivity index (χ1) is 9.11. The molecule has 1 aromatic heterocycles. The van der Waals surface area contributed by atoms with Crippen molar-refractivity contribution in [3.05, 3.63) is 46.2 Å². The number of hydrogen-bond acceptors (Lipinski definition) is 4. The maximum Gasteiger partial charge on any atom is 0.338 e. The Morgan fingerprint density at radius 1 is 1.21 bits per heavy atom. The number of ether oxygens (including phenoxy) is 1. The van der Waals surface area contributed by atoms with E-state index in [0.29, 0.717) is 17.7 Å². The number of hydrogen-bond donors (Lipinski definition) is 0. The second kappa shape index (κ2) is 5.99. The van der Waals surface area contributed by atoms with E-state index in [0.717, 1.165) is 5.56 Å². The average molecular weight is 297 g/mol. The molecular formula is C13H10Cl2N2O2. The van der Waals surface area contributed by atoms with Crippen LogP contribution in [0.5, 0.6) is 0 Å². The maximum absolute atomic E-state index is 11.5. The standard InChI is InChI=1S/C13H10Cl2N2O2/c1-2-19-13(18)9-5-3-8(4-6-9)10-7-11(14)16-17-12(10)15/h3-7H,2H2,1H3. The number of benzene rings is 1. The summed E-state index contributed by atoms with van der Waals surface area (Å²) in [6.45, 7) is 2.10. The molecule has 1 aromatic carbocycles. The molecule has 0 N–H and O–H groups in total. The van der Waals surface area contributed by atoms with Crippen molar-refractivity contribution in [3.63, 3.8) is 0 Å². The van der Waals surface area contributed by atoms with E-state index in [1.54, 1.807) is 37.3 Å². The second-order valence-corrected chi connectivity index (χ2v) is 4.41. The normalized spacial score (nSPS) is 10.3. The Balaban J connectivity index is 2.32. The second-order valence-electron chi connectivity index (χ2n) is 3.67. The van der Waals surface area contributed by atoms with E-state index in [-0.39, 0.29) is 16.3 Å². The molecule has 6 heteroatoms. The molecule has 0 fully saturated rings. The Hall–Kier alpha value is -1.65. The zero-order valence-corrected chi connectivity index (χ0v) is 11.6. The summed E-state index contributed by atoms with van der Waals surface area (Å²) >= 11 is 11.7. The smallest absolute Gasteiger partial charge is 0.338 e. The molecule has 0 amide bonds. The summed E-state index contributed by atoms with van der Waals surface area (Å²) in [5, 5.41) is 7.89. The predicted molar refractivity (Wildman–Crippen MR) is 73.4 cm³/mol. The van der Waals surface area contributed by atoms with Crippen molar-refractivity contribution in [1.29, 1.82) is 0 Å². The van der Waals surface area contributed by atoms with Crippen LogP contribution in [-0.2, 0) is 4.74 Å². The van der Waals surface area contributed by atoms with Gasteiger partial charge in [0.25, 0.3) is 0 Å². The first-order valence-electron chi connectivity index (χ1n) is 5.58. The SMILES string of the molecule is CCOC(=O)c1ccc(-c2cc(Cl)nnc2Cl)cc1. The molecule has 0 saturated carbocycles. The third-order valence-electron chi connectivity index (χ3n) is 2.43. The molecule has 2 aromatic rings. The minimum atomic E-state index is -0.356. The molecule has 0 spiro atoms. The van der Waals surface area contributed by atoms with Crippen molar-refractivity contribution in [3.8, 4) is 11.1 Å². The van der Waals surface area contributed by atoms with Crippen LogP contribution in [0.3, 0.4) is 0 Å². The van der Waals surface area contributed by atoms with Gasteiger partial charge in [0.1, 0.15) is 0 Å². The quantitative estimate of drug-likeness (QED) is 0.812. The van der Waals surface area contributed by atoms with Gasteiger partial charge in [0.05, 0.1) is 12.2 Å². The molecule has 0 radical (unpaired) electrons. The number of aromatic nitrogens is 2. The zero-order valence-electron chi connectivity index (χ0n) is 10.1. The molecule has 0 atom stereocenters. The molecule has 19 heavy (non-hydrogen) atoms. The van der Waals surface area contributed by atoms with Crippen molar-refractivity contribution >= 4 is 29.2 Å². The predicted octanol–water partition coefficient (Wildman–Crippen LogP) is 3.63. The van der Waals surface area contributed by atoms with E-state index in [2.05, 4.69) is 10.2 Å². The van der Waals surface area contributed by atoms with Crippen LogP contribution in [0, 0.1) is 0 Å². The Labute approximate surface area is 120 Å². The summed E-state index contributed by atoms with van der Waals surface area (Å²) in [6, 6.07) is 8.46. The van der Waals surface area contributed by atoms with Crippen molar-refractivity contribution in [2.24, 2.45) is 0 Å². The van der Waals surface area contributed by atoms with Crippen LogP contribution in [-0.4, -0.2) is 22.8 Å². The van der Waals surface area contributed by atoms with Crippen LogP contribution in [0.15, 0.2) is 30.3 Å². The van der Waals surface area contributed by atoms with E-state index < -0.39 is 0 Å². The highest BCUT2D eigenvalue weighted by Crippen LogP contribution is 2.27. The van der Waals surface area contributed by atoms with Gasteiger partial charge in [-0.05, 0) is 30.7 Å². The lowest BCUT2D eigenvalue weighted by Gasteiger charge is -2.05. The molecule has 1 heterocycles. The van der Waals surface area contributed by atoms with E-state index in [4.69, 9.17) is 27.9 Å². The van der Waals surface area contributed by atoms with Crippen molar-refractivity contribution in [2.75, 3.05) is 6.61 Å². The number of halogens is 2. The van der Waals surface area contributed by atoms with Gasteiger partial charge in [0, 0.05) is 5.56 Å². The van der Waals surface area contributed by atoms with Crippen LogP contribution in [0.2, 0.25) is 10.3 Å². The Morgan fingerprint density at radius 2 is 1.89 bits per heavy atom. The van der Waals surface area contributed by atoms with Crippen molar-refractivity contribution in [2.45, 2.75) is 6.92 Å². The van der Waals surface area contributed by atoms with Crippen LogP contribution in [0.4, 0.5) is 0 Å². The topological polar surface area (TPSA) is 52.1 Å². The first kappa shape index (κ1) is 13.8. The monoisotopic (exact) mass is 296 g/mol. The number of carbonyl (C=O) groups is 1. The fraction of sp³-hybridized carbons (Fsp3) is 0.154. The van der Waals surface area contributed by atoms with Gasteiger partial charge in [-0.25, -0.2) is 4.79 Å². The molecular weight excluding hydrogens is 287 g/mol. The largest absolute Gasteiger partial charge is 0.462 e. The minimum absolute atomic E-state index is 0.258. The summed E-state index contributed by atoms with van der Waals surface area (Å²) in [4.78, 5) is 11.5. The third-order valence-corrected chi connectivity index (χ3v) is 2.89. The van der Waals surface area contributed by atoms with Gasteiger partial charge in [0.2, 0.25) is 0 Å². The van der Waals surface area contributed by atoms with Crippen LogP contribution >= 0.6 is 23.2 Å². The van der Waals surface area contributed by atoms with E-state index in [1.807, 2.05) is 0 Å². The summed E-state index contributed by atoms with van der Waals surface area (Å²) in [5.74, 6) is -0.356. The highest BCUT2D eigenvalue weighted by Gasteiger charge is 2.09. The number of esters is 1. The zero-order chi connectivity index (χ0) is 13.8. The van der Waals surface area contributed by atoms with Gasteiger partial charge in [-0.2, -0.15) is 0 Å². The highest BCUT2D eigenvalue weighted by atomic mass is 35.5. The van der Waals surface area contributed by atoms with E-state index in [1.165, 1.54) is 0 Å². The first-order valence-corrected chi connectivity index (χ1v) is 6.33. The molecule has 0 aliphatic carbocycles. The fourth-order valence-corrected chi connectivity index (χ4v) is 1.90. The highest BCUT2D eigenvalue weighted by molar-refractivity contribution is 6.33. The Morgan fingerprint density at radius 3 is 2.53 bits per heavy atom. The molecule has 0 bridgehead atoms. The third kappa shape index (κ3) is 3.22. The fourth-order valence-electron chi connectivity index (χ4n) is 1.56. The summed E-state index contributed by atoms with van der Waals surface area (Å²) in [6.07, 6.45) is 0. The molecule has 0 unspecified atom stereocenters. The van der Waals surface area contributed by atoms with Gasteiger partial charge in [-0.1, -0.05) is 35.3 Å². The maximum atomic E-state index is 11.5. The van der Waals surface area contributed by atoms with Crippen LogP contribution in [0.25, 0.3) is 11.1 Å². The molecule has 98 valence electrons. The Bertz CT molecular complexity index is 600. The van der Waals surface area contributed by atoms with Crippen LogP contribution in [0.1, 0.15) is 17.3 Å². The van der Waals surface area contributed by atoms with E-state index in [9.17, 15) is 4.79 Å². The minimum Gasteiger partial charge on any atom is -0.462 e. The molecule has 2 rings (SSSR count). The number of nitrogens with zero attached hydrogens (tertiary/aromatic N) is 2. The summed E-state index contributed by atoms with van der Waals surface area (Å²) < 4.78 is 4.91. The lowest BCUT2D eigenvalue weighted by atomic mass is 10.1. The summed E-state index contributed by atoms with van der Waals surface area (Å²) in [7, 11) is 0. The van der Waals surface area contributed by atoms with Gasteiger partial charge in [-0.3, -0.25) is 0 Å². The molecule has 4 nitrogen and oxygen atoms in total. The van der Waals surface area contributed by atoms with Crippen molar-refractivity contribution < 1.29 is 9.53 Å². The Kier molecular flexibility index (Phi) is 4.35. The van der Waals surface area contributed by atoms with Gasteiger partial charge < -0.3 is 4.74 Å². The summed E-state index contributed by atoms with van der Waals surface area (Å²) in [5.41, 5.74) is 1.95. The average Bonchev–Trinajstić information content (AvgIpc) is 2.42. The van der Waals surface area contributed by atoms with E-state index >= 15 is 0 Å². The van der Waals surface area contributed by atoms with Gasteiger partial charge in [0.15, 0.2) is 10.3 Å². The van der Waals surface area contributed by atoms with Gasteiger partial charge >= 0.3 is 5.97 Å². The molecule has 0 saturated heterocycles.